The molecule has 0 N–H and O–H groups in total. The fraction of sp³-hybridized carbons (Fsp3) is 0. The zero-order valence-electron chi connectivity index (χ0n) is 27.5. The van der Waals surface area contributed by atoms with Crippen LogP contribution in [-0.4, -0.2) is 15.0 Å². The Bertz CT molecular complexity index is 2840. The van der Waals surface area contributed by atoms with Gasteiger partial charge in [0.15, 0.2) is 17.5 Å². The first kappa shape index (κ1) is 29.0. The summed E-state index contributed by atoms with van der Waals surface area (Å²) in [5.74, 6) is 1.83. The lowest BCUT2D eigenvalue weighted by Crippen LogP contribution is -2.00. The number of benzene rings is 8. The summed E-state index contributed by atoms with van der Waals surface area (Å²) >= 11 is 0. The van der Waals surface area contributed by atoms with Crippen LogP contribution in [0.2, 0.25) is 0 Å². The molecule has 0 saturated carbocycles. The van der Waals surface area contributed by atoms with E-state index in [1.54, 1.807) is 0 Å². The summed E-state index contributed by atoms with van der Waals surface area (Å²) in [4.78, 5) is 15.0. The predicted molar refractivity (Wildman–Crippen MR) is 209 cm³/mol. The molecule has 4 heteroatoms. The highest BCUT2D eigenvalue weighted by molar-refractivity contribution is 6.21. The van der Waals surface area contributed by atoms with Crippen LogP contribution in [0.25, 0.3) is 99.9 Å². The Morgan fingerprint density at radius 3 is 1.22 bits per heavy atom. The summed E-state index contributed by atoms with van der Waals surface area (Å²) in [6.45, 7) is 0. The van der Waals surface area contributed by atoms with E-state index in [1.807, 2.05) is 54.6 Å². The van der Waals surface area contributed by atoms with Crippen molar-refractivity contribution in [2.75, 3.05) is 0 Å². The maximum atomic E-state index is 6.22. The first-order chi connectivity index (χ1) is 25.3. The number of para-hydroxylation sites is 1. The molecule has 4 nitrogen and oxygen atoms in total. The highest BCUT2D eigenvalue weighted by atomic mass is 16.3. The van der Waals surface area contributed by atoms with Crippen molar-refractivity contribution >= 4 is 43.5 Å². The van der Waals surface area contributed by atoms with Crippen LogP contribution in [0.5, 0.6) is 0 Å². The molecule has 2 aromatic heterocycles. The molecule has 0 aliphatic rings. The van der Waals surface area contributed by atoms with Gasteiger partial charge in [-0.15, -0.1) is 0 Å². The molecule has 0 radical (unpaired) electrons. The van der Waals surface area contributed by atoms with Crippen LogP contribution in [0.15, 0.2) is 180 Å². The Balaban J connectivity index is 1.12. The Morgan fingerprint density at radius 2 is 0.647 bits per heavy atom. The van der Waals surface area contributed by atoms with Gasteiger partial charge < -0.3 is 4.42 Å². The summed E-state index contributed by atoms with van der Waals surface area (Å²) in [6.07, 6.45) is 0. The van der Waals surface area contributed by atoms with Crippen molar-refractivity contribution in [1.82, 2.24) is 15.0 Å². The van der Waals surface area contributed by atoms with Crippen LogP contribution < -0.4 is 0 Å². The molecule has 0 fully saturated rings. The molecule has 238 valence electrons. The van der Waals surface area contributed by atoms with Gasteiger partial charge >= 0.3 is 0 Å². The minimum absolute atomic E-state index is 0.596. The Labute approximate surface area is 294 Å². The molecule has 10 aromatic rings. The van der Waals surface area contributed by atoms with Gasteiger partial charge in [0, 0.05) is 27.5 Å². The number of nitrogens with zero attached hydrogens (tertiary/aromatic N) is 3. The summed E-state index contributed by atoms with van der Waals surface area (Å²) in [6, 6.07) is 61.2. The number of rotatable bonds is 5. The first-order valence-electron chi connectivity index (χ1n) is 17.1. The van der Waals surface area contributed by atoms with E-state index in [0.29, 0.717) is 17.5 Å². The fourth-order valence-corrected chi connectivity index (χ4v) is 7.36. The Kier molecular flexibility index (Phi) is 6.78. The molecule has 0 bridgehead atoms. The van der Waals surface area contributed by atoms with Crippen molar-refractivity contribution in [2.24, 2.45) is 0 Å². The van der Waals surface area contributed by atoms with Crippen LogP contribution in [-0.2, 0) is 0 Å². The molecule has 0 spiro atoms. The zero-order chi connectivity index (χ0) is 33.7. The van der Waals surface area contributed by atoms with Gasteiger partial charge in [0.2, 0.25) is 0 Å². The maximum absolute atomic E-state index is 6.22. The Morgan fingerprint density at radius 1 is 0.275 bits per heavy atom. The van der Waals surface area contributed by atoms with Crippen molar-refractivity contribution in [3.8, 4) is 56.4 Å². The smallest absolute Gasteiger partial charge is 0.164 e. The van der Waals surface area contributed by atoms with E-state index in [-0.39, 0.29) is 0 Å². The highest BCUT2D eigenvalue weighted by Gasteiger charge is 2.18. The van der Waals surface area contributed by atoms with Crippen LogP contribution in [0.4, 0.5) is 0 Å². The third-order valence-electron chi connectivity index (χ3n) is 9.73. The van der Waals surface area contributed by atoms with Gasteiger partial charge in [-0.3, -0.25) is 0 Å². The third kappa shape index (κ3) is 4.96. The van der Waals surface area contributed by atoms with Crippen LogP contribution in [0.3, 0.4) is 0 Å². The van der Waals surface area contributed by atoms with Gasteiger partial charge in [-0.05, 0) is 62.0 Å². The van der Waals surface area contributed by atoms with E-state index >= 15 is 0 Å². The molecule has 0 aliphatic carbocycles. The van der Waals surface area contributed by atoms with Crippen molar-refractivity contribution in [3.05, 3.63) is 176 Å². The van der Waals surface area contributed by atoms with Crippen molar-refractivity contribution < 1.29 is 4.42 Å². The van der Waals surface area contributed by atoms with Gasteiger partial charge in [0.25, 0.3) is 0 Å². The summed E-state index contributed by atoms with van der Waals surface area (Å²) in [5.41, 5.74) is 9.21. The molecular weight excluding hydrogens is 623 g/mol. The van der Waals surface area contributed by atoms with Crippen molar-refractivity contribution in [2.45, 2.75) is 0 Å². The van der Waals surface area contributed by atoms with Gasteiger partial charge in [0.05, 0.1) is 0 Å². The number of aromatic nitrogens is 3. The molecule has 0 saturated heterocycles. The summed E-state index contributed by atoms with van der Waals surface area (Å²) in [5, 5.41) is 7.07. The lowest BCUT2D eigenvalue weighted by Gasteiger charge is -2.18. The molecular formula is C47H29N3O. The van der Waals surface area contributed by atoms with Crippen LogP contribution in [0, 0.1) is 0 Å². The molecule has 0 unspecified atom stereocenters. The standard InChI is InChI=1S/C47H29N3O/c1-3-13-30(14-4-1)43-37-18-7-9-20-39(37)44(40-21-10-8-19-38(40)43)31-23-25-33(26-24-31)46-48-45(32-15-5-2-6-16-32)49-47(50-46)34-27-28-36-35-17-11-12-22-41(35)51-42(36)29-34/h1-29H. The second-order valence-corrected chi connectivity index (χ2v) is 12.8. The summed E-state index contributed by atoms with van der Waals surface area (Å²) in [7, 11) is 0. The SMILES string of the molecule is c1ccc(-c2nc(-c3ccc(-c4c5ccccc5c(-c5ccccc5)c5ccccc45)cc3)nc(-c3ccc4c(c3)oc3ccccc34)n2)cc1. The predicted octanol–water partition coefficient (Wildman–Crippen LogP) is 12.4. The summed E-state index contributed by atoms with van der Waals surface area (Å²) < 4.78 is 6.22. The molecule has 51 heavy (non-hydrogen) atoms. The minimum atomic E-state index is 0.596. The van der Waals surface area contributed by atoms with Gasteiger partial charge in [-0.1, -0.05) is 158 Å². The molecule has 8 aromatic carbocycles. The quantitative estimate of drug-likeness (QED) is 0.174. The van der Waals surface area contributed by atoms with E-state index in [9.17, 15) is 0 Å². The molecule has 2 heterocycles. The number of hydrogen-bond acceptors (Lipinski definition) is 4. The van der Waals surface area contributed by atoms with Crippen LogP contribution in [0.1, 0.15) is 0 Å². The van der Waals surface area contributed by atoms with Crippen molar-refractivity contribution in [1.29, 1.82) is 0 Å². The molecule has 10 rings (SSSR count). The normalized spacial score (nSPS) is 11.5. The van der Waals surface area contributed by atoms with Gasteiger partial charge in [-0.2, -0.15) is 0 Å². The maximum Gasteiger partial charge on any atom is 0.164 e. The lowest BCUT2D eigenvalue weighted by atomic mass is 9.86. The van der Waals surface area contributed by atoms with E-state index in [2.05, 4.69) is 121 Å². The number of fused-ring (bicyclic) bond motifs is 5. The average Bonchev–Trinajstić information content (AvgIpc) is 3.58. The first-order valence-corrected chi connectivity index (χ1v) is 17.1. The molecule has 0 amide bonds. The van der Waals surface area contributed by atoms with E-state index in [0.717, 1.165) is 44.2 Å². The Hall–Kier alpha value is -6.91. The second kappa shape index (κ2) is 11.9. The number of hydrogen-bond donors (Lipinski definition) is 0. The van der Waals surface area contributed by atoms with Crippen molar-refractivity contribution in [3.63, 3.8) is 0 Å². The molecule has 0 atom stereocenters. The zero-order valence-corrected chi connectivity index (χ0v) is 27.5. The van der Waals surface area contributed by atoms with E-state index < -0.39 is 0 Å². The van der Waals surface area contributed by atoms with Gasteiger partial charge in [0.1, 0.15) is 11.2 Å². The van der Waals surface area contributed by atoms with Crippen LogP contribution >= 0.6 is 0 Å². The highest BCUT2D eigenvalue weighted by Crippen LogP contribution is 2.44. The minimum Gasteiger partial charge on any atom is -0.456 e. The monoisotopic (exact) mass is 651 g/mol. The molecule has 0 aliphatic heterocycles. The lowest BCUT2D eigenvalue weighted by molar-refractivity contribution is 0.669. The third-order valence-corrected chi connectivity index (χ3v) is 9.73. The van der Waals surface area contributed by atoms with Gasteiger partial charge in [-0.25, -0.2) is 15.0 Å². The fourth-order valence-electron chi connectivity index (χ4n) is 7.36. The average molecular weight is 652 g/mol. The largest absolute Gasteiger partial charge is 0.456 e. The van der Waals surface area contributed by atoms with E-state index in [4.69, 9.17) is 19.4 Å². The number of furan rings is 1. The topological polar surface area (TPSA) is 51.8 Å². The second-order valence-electron chi connectivity index (χ2n) is 12.8. The van der Waals surface area contributed by atoms with E-state index in [1.165, 1.54) is 38.2 Å².